The van der Waals surface area contributed by atoms with E-state index in [-0.39, 0.29) is 36.5 Å². The van der Waals surface area contributed by atoms with Crippen molar-refractivity contribution in [2.75, 3.05) is 31.6 Å². The first-order valence-corrected chi connectivity index (χ1v) is 13.3. The predicted octanol–water partition coefficient (Wildman–Crippen LogP) is 3.45. The number of hydrogen-bond donors (Lipinski definition) is 2. The van der Waals surface area contributed by atoms with Crippen LogP contribution in [0.2, 0.25) is 5.02 Å². The molecule has 1 aliphatic carbocycles. The van der Waals surface area contributed by atoms with Gasteiger partial charge in [0.25, 0.3) is 5.91 Å². The Kier molecular flexibility index (Phi) is 7.78. The highest BCUT2D eigenvalue weighted by molar-refractivity contribution is 6.31. The third kappa shape index (κ3) is 5.75. The predicted molar refractivity (Wildman–Crippen MR) is 142 cm³/mol. The number of nitrogens with one attached hydrogen (secondary N) is 2. The van der Waals surface area contributed by atoms with E-state index < -0.39 is 6.04 Å². The van der Waals surface area contributed by atoms with E-state index in [0.29, 0.717) is 48.9 Å². The van der Waals surface area contributed by atoms with Gasteiger partial charge in [-0.3, -0.25) is 19.3 Å². The number of morpholine rings is 1. The van der Waals surface area contributed by atoms with Gasteiger partial charge in [0.2, 0.25) is 0 Å². The standard InChI is InChI=1S/C28H31ClN4O5/c1-17-20(15-32-6-8-38-9-7-32)11-21(12-24(17)29)31-28(37)30-14-18-2-3-19-16-33(27(36)23(19)10-18)25-5-4-22(34)13-26(25)35/h2-3,10-12,25H,4-9,13-16H2,1H3,(H2,30,31,37). The van der Waals surface area contributed by atoms with E-state index in [1.165, 1.54) is 0 Å². The summed E-state index contributed by atoms with van der Waals surface area (Å²) in [6.45, 7) is 6.41. The zero-order valence-corrected chi connectivity index (χ0v) is 22.1. The molecule has 38 heavy (non-hydrogen) atoms. The van der Waals surface area contributed by atoms with Crippen LogP contribution in [0.3, 0.4) is 0 Å². The van der Waals surface area contributed by atoms with Crippen LogP contribution < -0.4 is 10.6 Å². The molecule has 0 radical (unpaired) electrons. The van der Waals surface area contributed by atoms with Gasteiger partial charge < -0.3 is 20.3 Å². The van der Waals surface area contributed by atoms with E-state index >= 15 is 0 Å². The summed E-state index contributed by atoms with van der Waals surface area (Å²) in [5.41, 5.74) is 4.80. The van der Waals surface area contributed by atoms with Crippen LogP contribution in [-0.2, 0) is 34.0 Å². The summed E-state index contributed by atoms with van der Waals surface area (Å²) in [6, 6.07) is 8.24. The van der Waals surface area contributed by atoms with Gasteiger partial charge in [-0.25, -0.2) is 4.79 Å². The lowest BCUT2D eigenvalue weighted by atomic mass is 9.92. The van der Waals surface area contributed by atoms with Crippen LogP contribution in [0.15, 0.2) is 30.3 Å². The zero-order valence-electron chi connectivity index (χ0n) is 21.3. The average Bonchev–Trinajstić information content (AvgIpc) is 3.22. The maximum Gasteiger partial charge on any atom is 0.319 e. The van der Waals surface area contributed by atoms with E-state index in [0.717, 1.165) is 41.9 Å². The monoisotopic (exact) mass is 538 g/mol. The highest BCUT2D eigenvalue weighted by Gasteiger charge is 2.38. The number of fused-ring (bicyclic) bond motifs is 1. The van der Waals surface area contributed by atoms with Crippen LogP contribution >= 0.6 is 11.6 Å². The Morgan fingerprint density at radius 2 is 1.92 bits per heavy atom. The Labute approximate surface area is 226 Å². The number of nitrogens with zero attached hydrogens (tertiary/aromatic N) is 2. The third-order valence-corrected chi connectivity index (χ3v) is 7.88. The molecule has 2 heterocycles. The van der Waals surface area contributed by atoms with Crippen LogP contribution in [-0.4, -0.2) is 65.6 Å². The molecular weight excluding hydrogens is 508 g/mol. The number of benzene rings is 2. The third-order valence-electron chi connectivity index (χ3n) is 7.48. The van der Waals surface area contributed by atoms with Gasteiger partial charge in [-0.15, -0.1) is 0 Å². The van der Waals surface area contributed by atoms with Crippen LogP contribution in [0, 0.1) is 6.92 Å². The summed E-state index contributed by atoms with van der Waals surface area (Å²) in [5, 5.41) is 6.29. The van der Waals surface area contributed by atoms with E-state index in [1.54, 1.807) is 17.0 Å². The van der Waals surface area contributed by atoms with Gasteiger partial charge in [-0.05, 0) is 53.8 Å². The van der Waals surface area contributed by atoms with Crippen LogP contribution in [0.25, 0.3) is 0 Å². The number of urea groups is 1. The minimum Gasteiger partial charge on any atom is -0.379 e. The van der Waals surface area contributed by atoms with Crippen molar-refractivity contribution in [3.05, 3.63) is 63.2 Å². The molecule has 3 amide bonds. The lowest BCUT2D eigenvalue weighted by Gasteiger charge is -2.29. The molecule has 2 N–H and O–H groups in total. The van der Waals surface area contributed by atoms with Crippen molar-refractivity contribution in [3.8, 4) is 0 Å². The molecule has 5 rings (SSSR count). The first kappa shape index (κ1) is 26.3. The summed E-state index contributed by atoms with van der Waals surface area (Å²) in [5.74, 6) is -0.463. The van der Waals surface area contributed by atoms with Crippen molar-refractivity contribution >= 4 is 40.8 Å². The van der Waals surface area contributed by atoms with E-state index in [2.05, 4.69) is 15.5 Å². The number of rotatable bonds is 6. The van der Waals surface area contributed by atoms with Gasteiger partial charge in [0.15, 0.2) is 5.78 Å². The molecule has 3 aliphatic rings. The Morgan fingerprint density at radius 1 is 1.13 bits per heavy atom. The van der Waals surface area contributed by atoms with Crippen molar-refractivity contribution in [1.29, 1.82) is 0 Å². The minimum atomic E-state index is -0.547. The number of carbonyl (C=O) groups excluding carboxylic acids is 4. The number of halogens is 1. The lowest BCUT2D eigenvalue weighted by Crippen LogP contribution is -2.44. The second-order valence-electron chi connectivity index (χ2n) is 10.1. The number of hydrogen-bond acceptors (Lipinski definition) is 6. The van der Waals surface area contributed by atoms with Gasteiger partial charge in [0, 0.05) is 55.4 Å². The summed E-state index contributed by atoms with van der Waals surface area (Å²) in [4.78, 5) is 53.5. The molecule has 2 aromatic carbocycles. The summed E-state index contributed by atoms with van der Waals surface area (Å²) in [6.07, 6.45) is 0.598. The largest absolute Gasteiger partial charge is 0.379 e. The molecule has 0 spiro atoms. The van der Waals surface area contributed by atoms with Gasteiger partial charge in [0.05, 0.1) is 25.7 Å². The Morgan fingerprint density at radius 3 is 2.68 bits per heavy atom. The fourth-order valence-corrected chi connectivity index (χ4v) is 5.49. The quantitative estimate of drug-likeness (QED) is 0.545. The Balaban J connectivity index is 1.19. The van der Waals surface area contributed by atoms with Crippen molar-refractivity contribution in [2.45, 2.75) is 51.9 Å². The second kappa shape index (κ2) is 11.2. The van der Waals surface area contributed by atoms with Crippen LogP contribution in [0.1, 0.15) is 51.9 Å². The average molecular weight is 539 g/mol. The number of amides is 3. The molecular formula is C28H31ClN4O5. The van der Waals surface area contributed by atoms with E-state index in [4.69, 9.17) is 16.3 Å². The van der Waals surface area contributed by atoms with Crippen LogP contribution in [0.5, 0.6) is 0 Å². The van der Waals surface area contributed by atoms with Gasteiger partial charge >= 0.3 is 6.03 Å². The number of carbonyl (C=O) groups is 4. The van der Waals surface area contributed by atoms with Crippen LogP contribution in [0.4, 0.5) is 10.5 Å². The van der Waals surface area contributed by atoms with Crippen molar-refractivity contribution in [1.82, 2.24) is 15.1 Å². The molecule has 2 aromatic rings. The molecule has 0 bridgehead atoms. The first-order chi connectivity index (χ1) is 18.3. The van der Waals surface area contributed by atoms with E-state index in [1.807, 2.05) is 25.1 Å². The van der Waals surface area contributed by atoms with E-state index in [9.17, 15) is 19.2 Å². The fraction of sp³-hybridized carbons (Fsp3) is 0.429. The van der Waals surface area contributed by atoms with Gasteiger partial charge in [0.1, 0.15) is 5.78 Å². The SMILES string of the molecule is Cc1c(Cl)cc(NC(=O)NCc2ccc3c(c2)C(=O)N(C2CCC(=O)CC2=O)C3)cc1CN1CCOCC1. The molecule has 1 unspecified atom stereocenters. The minimum absolute atomic E-state index is 0.0664. The molecule has 10 heteroatoms. The molecule has 200 valence electrons. The zero-order chi connectivity index (χ0) is 26.8. The first-order valence-electron chi connectivity index (χ1n) is 12.9. The molecule has 0 aromatic heterocycles. The normalized spacial score (nSPS) is 20.0. The highest BCUT2D eigenvalue weighted by atomic mass is 35.5. The van der Waals surface area contributed by atoms with Crippen molar-refractivity contribution in [3.63, 3.8) is 0 Å². The second-order valence-corrected chi connectivity index (χ2v) is 10.5. The number of ether oxygens (including phenoxy) is 1. The summed E-state index contributed by atoms with van der Waals surface area (Å²) >= 11 is 6.46. The molecule has 1 saturated carbocycles. The maximum atomic E-state index is 13.1. The lowest BCUT2D eigenvalue weighted by molar-refractivity contribution is -0.133. The summed E-state index contributed by atoms with van der Waals surface area (Å²) < 4.78 is 5.42. The van der Waals surface area contributed by atoms with Gasteiger partial charge in [-0.2, -0.15) is 0 Å². The van der Waals surface area contributed by atoms with Crippen molar-refractivity contribution < 1.29 is 23.9 Å². The fourth-order valence-electron chi connectivity index (χ4n) is 5.25. The topological polar surface area (TPSA) is 108 Å². The summed E-state index contributed by atoms with van der Waals surface area (Å²) in [7, 11) is 0. The molecule has 1 saturated heterocycles. The number of anilines is 1. The smallest absolute Gasteiger partial charge is 0.319 e. The van der Waals surface area contributed by atoms with Gasteiger partial charge in [-0.1, -0.05) is 23.7 Å². The number of ketones is 2. The molecule has 1 atom stereocenters. The Bertz CT molecular complexity index is 1290. The Hall–Kier alpha value is -3.27. The number of Topliss-reactive ketones (excluding diaryl/α,β-unsaturated/α-hetero) is 2. The maximum absolute atomic E-state index is 13.1. The molecule has 2 fully saturated rings. The molecule has 2 aliphatic heterocycles. The molecule has 9 nitrogen and oxygen atoms in total. The van der Waals surface area contributed by atoms with Crippen molar-refractivity contribution in [2.24, 2.45) is 0 Å². The highest BCUT2D eigenvalue weighted by Crippen LogP contribution is 2.30.